The van der Waals surface area contributed by atoms with E-state index in [1.165, 1.54) is 5.56 Å². The van der Waals surface area contributed by atoms with Crippen molar-refractivity contribution in [3.05, 3.63) is 72.4 Å². The summed E-state index contributed by atoms with van der Waals surface area (Å²) in [7, 11) is 0. The summed E-state index contributed by atoms with van der Waals surface area (Å²) < 4.78 is 0. The Hall–Kier alpha value is -2.88. The maximum absolute atomic E-state index is 12.5. The van der Waals surface area contributed by atoms with Crippen LogP contribution in [-0.4, -0.2) is 29.0 Å². The van der Waals surface area contributed by atoms with Crippen molar-refractivity contribution in [2.45, 2.75) is 18.8 Å². The monoisotopic (exact) mass is 331 g/mol. The minimum atomic E-state index is -0.0261. The van der Waals surface area contributed by atoms with Gasteiger partial charge >= 0.3 is 6.03 Å². The van der Waals surface area contributed by atoms with E-state index in [9.17, 15) is 4.79 Å². The maximum atomic E-state index is 12.5. The smallest absolute Gasteiger partial charge is 0.321 e. The summed E-state index contributed by atoms with van der Waals surface area (Å²) in [6, 6.07) is 20.3. The lowest BCUT2D eigenvalue weighted by molar-refractivity contribution is 0.194. The summed E-state index contributed by atoms with van der Waals surface area (Å²) in [6.45, 7) is 1.58. The quantitative estimate of drug-likeness (QED) is 0.743. The molecule has 1 aliphatic rings. The molecule has 1 aliphatic heterocycles. The molecule has 1 fully saturated rings. The number of hydrogen-bond acceptors (Lipinski definition) is 2. The zero-order valence-electron chi connectivity index (χ0n) is 14.1. The number of aromatic nitrogens is 1. The van der Waals surface area contributed by atoms with Gasteiger partial charge in [-0.15, -0.1) is 0 Å². The molecule has 1 aromatic heterocycles. The van der Waals surface area contributed by atoms with Crippen molar-refractivity contribution in [1.82, 2.24) is 9.88 Å². The molecular formula is C21H21N3O. The van der Waals surface area contributed by atoms with Crippen LogP contribution < -0.4 is 5.32 Å². The molecule has 4 rings (SSSR count). The van der Waals surface area contributed by atoms with Gasteiger partial charge in [0.2, 0.25) is 0 Å². The first-order chi connectivity index (χ1) is 12.3. The zero-order valence-corrected chi connectivity index (χ0v) is 14.1. The number of benzene rings is 2. The summed E-state index contributed by atoms with van der Waals surface area (Å²) in [6.07, 6.45) is 3.79. The van der Waals surface area contributed by atoms with Crippen LogP contribution in [0.5, 0.6) is 0 Å². The van der Waals surface area contributed by atoms with Gasteiger partial charge in [0.25, 0.3) is 0 Å². The van der Waals surface area contributed by atoms with Gasteiger partial charge < -0.3 is 10.2 Å². The summed E-state index contributed by atoms with van der Waals surface area (Å²) in [4.78, 5) is 18.8. The van der Waals surface area contributed by atoms with Crippen LogP contribution in [0.3, 0.4) is 0 Å². The van der Waals surface area contributed by atoms with Gasteiger partial charge in [0.1, 0.15) is 0 Å². The summed E-state index contributed by atoms with van der Waals surface area (Å²) >= 11 is 0. The highest BCUT2D eigenvalue weighted by Gasteiger charge is 2.23. The second kappa shape index (κ2) is 6.93. The van der Waals surface area contributed by atoms with Crippen LogP contribution in [0.2, 0.25) is 0 Å². The topological polar surface area (TPSA) is 45.2 Å². The molecule has 0 spiro atoms. The molecule has 0 atom stereocenters. The summed E-state index contributed by atoms with van der Waals surface area (Å²) in [5.41, 5.74) is 3.06. The molecule has 1 N–H and O–H groups in total. The van der Waals surface area contributed by atoms with Gasteiger partial charge in [-0.3, -0.25) is 4.98 Å². The molecule has 0 bridgehead atoms. The van der Waals surface area contributed by atoms with Gasteiger partial charge in [-0.2, -0.15) is 0 Å². The molecule has 4 heteroatoms. The van der Waals surface area contributed by atoms with E-state index in [1.54, 1.807) is 6.20 Å². The second-order valence-electron chi connectivity index (χ2n) is 6.51. The lowest BCUT2D eigenvalue weighted by atomic mass is 9.90. The summed E-state index contributed by atoms with van der Waals surface area (Å²) in [5, 5.41) is 4.08. The van der Waals surface area contributed by atoms with Crippen molar-refractivity contribution in [3.8, 4) is 0 Å². The lowest BCUT2D eigenvalue weighted by Crippen LogP contribution is -2.40. The fourth-order valence-electron chi connectivity index (χ4n) is 3.49. The fraction of sp³-hybridized carbons (Fsp3) is 0.238. The largest absolute Gasteiger partial charge is 0.324 e. The highest BCUT2D eigenvalue weighted by molar-refractivity contribution is 5.92. The van der Waals surface area contributed by atoms with E-state index in [0.29, 0.717) is 5.92 Å². The third-order valence-electron chi connectivity index (χ3n) is 4.91. The Morgan fingerprint density at radius 3 is 2.60 bits per heavy atom. The van der Waals surface area contributed by atoms with Gasteiger partial charge in [-0.1, -0.05) is 42.5 Å². The number of urea groups is 1. The predicted octanol–water partition coefficient (Wildman–Crippen LogP) is 4.65. The van der Waals surface area contributed by atoms with Crippen molar-refractivity contribution in [3.63, 3.8) is 0 Å². The predicted molar refractivity (Wildman–Crippen MR) is 101 cm³/mol. The van der Waals surface area contributed by atoms with Gasteiger partial charge in [0.15, 0.2) is 0 Å². The SMILES string of the molecule is O=C(Nc1ccc2cccnc2c1)N1CCC(c2ccccc2)CC1. The van der Waals surface area contributed by atoms with Crippen LogP contribution in [0.25, 0.3) is 10.9 Å². The van der Waals surface area contributed by atoms with Gasteiger partial charge in [-0.05, 0) is 42.5 Å². The number of likely N-dealkylation sites (tertiary alicyclic amines) is 1. The Morgan fingerprint density at radius 1 is 1.00 bits per heavy atom. The van der Waals surface area contributed by atoms with E-state index < -0.39 is 0 Å². The Balaban J connectivity index is 1.38. The molecular weight excluding hydrogens is 310 g/mol. The molecule has 25 heavy (non-hydrogen) atoms. The van der Waals surface area contributed by atoms with E-state index in [1.807, 2.05) is 41.3 Å². The molecule has 2 aromatic carbocycles. The van der Waals surface area contributed by atoms with E-state index in [4.69, 9.17) is 0 Å². The van der Waals surface area contributed by atoms with Crippen molar-refractivity contribution in [2.24, 2.45) is 0 Å². The molecule has 3 aromatic rings. The average Bonchev–Trinajstić information content (AvgIpc) is 2.69. The Kier molecular flexibility index (Phi) is 4.34. The lowest BCUT2D eigenvalue weighted by Gasteiger charge is -2.32. The van der Waals surface area contributed by atoms with Crippen LogP contribution in [-0.2, 0) is 0 Å². The van der Waals surface area contributed by atoms with Crippen LogP contribution in [0.15, 0.2) is 66.9 Å². The number of carbonyl (C=O) groups excluding carboxylic acids is 1. The van der Waals surface area contributed by atoms with Crippen molar-refractivity contribution in [1.29, 1.82) is 0 Å². The number of fused-ring (bicyclic) bond motifs is 1. The molecule has 2 heterocycles. The number of anilines is 1. The third-order valence-corrected chi connectivity index (χ3v) is 4.91. The molecule has 4 nitrogen and oxygen atoms in total. The Bertz CT molecular complexity index is 870. The zero-order chi connectivity index (χ0) is 17.1. The Labute approximate surface area is 147 Å². The van der Waals surface area contributed by atoms with Crippen molar-refractivity contribution in [2.75, 3.05) is 18.4 Å². The maximum Gasteiger partial charge on any atom is 0.321 e. The first-order valence-corrected chi connectivity index (χ1v) is 8.75. The number of carbonyl (C=O) groups is 1. The molecule has 0 unspecified atom stereocenters. The number of nitrogens with one attached hydrogen (secondary N) is 1. The number of pyridine rings is 1. The molecule has 0 radical (unpaired) electrons. The number of rotatable bonds is 2. The first kappa shape index (κ1) is 15.6. The molecule has 126 valence electrons. The Morgan fingerprint density at radius 2 is 1.80 bits per heavy atom. The minimum Gasteiger partial charge on any atom is -0.324 e. The van der Waals surface area contributed by atoms with Crippen LogP contribution >= 0.6 is 0 Å². The molecule has 1 saturated heterocycles. The van der Waals surface area contributed by atoms with Gasteiger partial charge in [-0.25, -0.2) is 4.79 Å². The fourth-order valence-corrected chi connectivity index (χ4v) is 3.49. The average molecular weight is 331 g/mol. The first-order valence-electron chi connectivity index (χ1n) is 8.75. The normalized spacial score (nSPS) is 15.3. The highest BCUT2D eigenvalue weighted by atomic mass is 16.2. The van der Waals surface area contributed by atoms with Crippen LogP contribution in [0.4, 0.5) is 10.5 Å². The molecule has 2 amide bonds. The second-order valence-corrected chi connectivity index (χ2v) is 6.51. The molecule has 0 aliphatic carbocycles. The standard InChI is InChI=1S/C21H21N3O/c25-21(23-19-9-8-18-7-4-12-22-20(18)15-19)24-13-10-17(11-14-24)16-5-2-1-3-6-16/h1-9,12,15,17H,10-11,13-14H2,(H,23,25). The number of piperidine rings is 1. The van der Waals surface area contributed by atoms with E-state index >= 15 is 0 Å². The van der Waals surface area contributed by atoms with Gasteiger partial charge in [0.05, 0.1) is 5.52 Å². The van der Waals surface area contributed by atoms with Gasteiger partial charge in [0, 0.05) is 30.4 Å². The van der Waals surface area contributed by atoms with Crippen LogP contribution in [0, 0.1) is 0 Å². The molecule has 0 saturated carbocycles. The summed E-state index contributed by atoms with van der Waals surface area (Å²) in [5.74, 6) is 0.551. The number of hydrogen-bond donors (Lipinski definition) is 1. The minimum absolute atomic E-state index is 0.0261. The van der Waals surface area contributed by atoms with E-state index in [0.717, 1.165) is 42.5 Å². The van der Waals surface area contributed by atoms with Crippen molar-refractivity contribution < 1.29 is 4.79 Å². The third kappa shape index (κ3) is 3.48. The number of nitrogens with zero attached hydrogens (tertiary/aromatic N) is 2. The van der Waals surface area contributed by atoms with E-state index in [-0.39, 0.29) is 6.03 Å². The number of amides is 2. The highest BCUT2D eigenvalue weighted by Crippen LogP contribution is 2.28. The van der Waals surface area contributed by atoms with E-state index in [2.05, 4.69) is 34.6 Å². The van der Waals surface area contributed by atoms with Crippen molar-refractivity contribution >= 4 is 22.6 Å². The van der Waals surface area contributed by atoms with Crippen LogP contribution in [0.1, 0.15) is 24.3 Å².